The van der Waals surface area contributed by atoms with Gasteiger partial charge in [0.25, 0.3) is 0 Å². The number of carbonyl (C=O) groups excluding carboxylic acids is 1. The van der Waals surface area contributed by atoms with Gasteiger partial charge >= 0.3 is 12.2 Å². The van der Waals surface area contributed by atoms with E-state index in [1.807, 2.05) is 0 Å². The van der Waals surface area contributed by atoms with Crippen LogP contribution < -0.4 is 10.6 Å². The van der Waals surface area contributed by atoms with Crippen molar-refractivity contribution in [3.8, 4) is 0 Å². The van der Waals surface area contributed by atoms with Crippen molar-refractivity contribution in [3.05, 3.63) is 35.4 Å². The highest BCUT2D eigenvalue weighted by Crippen LogP contribution is 2.62. The van der Waals surface area contributed by atoms with Crippen LogP contribution in [0.25, 0.3) is 0 Å². The first-order valence-electron chi connectivity index (χ1n) is 8.93. The second kappa shape index (κ2) is 6.32. The molecule has 3 fully saturated rings. The number of hydrogen-bond acceptors (Lipinski definition) is 2. The summed E-state index contributed by atoms with van der Waals surface area (Å²) in [5.41, 5.74) is -1.43. The minimum Gasteiger partial charge on any atom is -0.377 e. The number of halogens is 5. The van der Waals surface area contributed by atoms with E-state index in [0.717, 1.165) is 43.9 Å². The molecule has 1 saturated heterocycles. The first-order chi connectivity index (χ1) is 12.7. The molecule has 2 saturated carbocycles. The van der Waals surface area contributed by atoms with Gasteiger partial charge in [0.1, 0.15) is 11.6 Å². The molecule has 0 bridgehead atoms. The molecule has 0 aromatic heterocycles. The predicted molar refractivity (Wildman–Crippen MR) is 84.7 cm³/mol. The molecule has 0 unspecified atom stereocenters. The fourth-order valence-corrected chi connectivity index (χ4v) is 4.87. The first kappa shape index (κ1) is 18.5. The number of alkyl halides is 3. The van der Waals surface area contributed by atoms with Crippen LogP contribution in [0.4, 0.5) is 26.7 Å². The summed E-state index contributed by atoms with van der Waals surface area (Å²) in [6, 6.07) is -1.71. The van der Waals surface area contributed by atoms with E-state index in [1.165, 1.54) is 0 Å². The number of fused-ring (bicyclic) bond motifs is 2. The van der Waals surface area contributed by atoms with E-state index >= 15 is 0 Å². The Labute approximate surface area is 152 Å². The zero-order valence-electron chi connectivity index (χ0n) is 14.3. The molecule has 3 aliphatic rings. The van der Waals surface area contributed by atoms with Gasteiger partial charge in [-0.2, -0.15) is 13.2 Å². The molecule has 1 aromatic rings. The first-order valence-corrected chi connectivity index (χ1v) is 8.93. The summed E-state index contributed by atoms with van der Waals surface area (Å²) in [5.74, 6) is -2.65. The van der Waals surface area contributed by atoms with Crippen molar-refractivity contribution in [3.63, 3.8) is 0 Å². The number of urea groups is 1. The summed E-state index contributed by atoms with van der Waals surface area (Å²) in [6.45, 7) is 0.572. The lowest BCUT2D eigenvalue weighted by molar-refractivity contribution is -0.173. The lowest BCUT2D eigenvalue weighted by Gasteiger charge is -2.63. The minimum absolute atomic E-state index is 0.0407. The zero-order chi connectivity index (χ0) is 19.4. The Morgan fingerprint density at radius 1 is 1.22 bits per heavy atom. The van der Waals surface area contributed by atoms with Crippen molar-refractivity contribution in [1.29, 1.82) is 0 Å². The van der Waals surface area contributed by atoms with Crippen LogP contribution in [-0.2, 0) is 4.74 Å². The normalized spacial score (nSPS) is 29.4. The maximum absolute atomic E-state index is 13.9. The average Bonchev–Trinajstić information content (AvgIpc) is 2.94. The van der Waals surface area contributed by atoms with E-state index in [4.69, 9.17) is 4.74 Å². The number of rotatable bonds is 3. The molecule has 1 spiro atoms. The van der Waals surface area contributed by atoms with Crippen molar-refractivity contribution < 1.29 is 31.5 Å². The summed E-state index contributed by atoms with van der Waals surface area (Å²) in [6.07, 6.45) is -1.58. The summed E-state index contributed by atoms with van der Waals surface area (Å²) in [4.78, 5) is 12.3. The molecule has 2 amide bonds. The molecule has 2 aliphatic carbocycles. The molecule has 4 atom stereocenters. The standard InChI is InChI=1S/C18H19F5N2O2/c19-10-3-1-4-11(20)12(10)14(18(21,22)23)25-16(26)24-13-9-5-8-27-15(9)17(13)6-2-7-17/h1,3-4,9,13-15H,2,5-8H2,(H2,24,25,26)/t9-,13-,14-,15+/m1/s1. The van der Waals surface area contributed by atoms with Gasteiger partial charge in [-0.1, -0.05) is 12.5 Å². The van der Waals surface area contributed by atoms with E-state index in [2.05, 4.69) is 5.32 Å². The highest BCUT2D eigenvalue weighted by Gasteiger charge is 2.67. The third-order valence-corrected chi connectivity index (χ3v) is 6.21. The Morgan fingerprint density at radius 2 is 1.89 bits per heavy atom. The minimum atomic E-state index is -5.05. The number of hydrogen-bond donors (Lipinski definition) is 2. The average molecular weight is 390 g/mol. The fraction of sp³-hybridized carbons (Fsp3) is 0.611. The fourth-order valence-electron chi connectivity index (χ4n) is 4.87. The van der Waals surface area contributed by atoms with Crippen LogP contribution in [0.3, 0.4) is 0 Å². The molecule has 1 heterocycles. The molecule has 4 nitrogen and oxygen atoms in total. The number of ether oxygens (including phenoxy) is 1. The molecule has 4 rings (SSSR count). The van der Waals surface area contributed by atoms with E-state index in [1.54, 1.807) is 5.32 Å². The van der Waals surface area contributed by atoms with Gasteiger partial charge in [0.15, 0.2) is 6.04 Å². The SMILES string of the molecule is O=C(N[C@H](c1c(F)cccc1F)C(F)(F)F)N[C@@H]1[C@H]2CCO[C@@H]2C12CCC2. The Balaban J connectivity index is 1.51. The molecule has 148 valence electrons. The van der Waals surface area contributed by atoms with E-state index in [9.17, 15) is 26.7 Å². The van der Waals surface area contributed by atoms with Crippen LogP contribution >= 0.6 is 0 Å². The molecule has 0 radical (unpaired) electrons. The molecular formula is C18H19F5N2O2. The molecule has 1 aliphatic heterocycles. The molecule has 2 N–H and O–H groups in total. The Bertz CT molecular complexity index is 730. The Kier molecular flexibility index (Phi) is 4.32. The lowest BCUT2D eigenvalue weighted by atomic mass is 9.46. The van der Waals surface area contributed by atoms with Gasteiger partial charge in [-0.25, -0.2) is 13.6 Å². The number of benzene rings is 1. The second-order valence-electron chi connectivity index (χ2n) is 7.54. The van der Waals surface area contributed by atoms with Crippen LogP contribution in [-0.4, -0.2) is 31.0 Å². The molecule has 1 aromatic carbocycles. The van der Waals surface area contributed by atoms with E-state index in [-0.39, 0.29) is 23.5 Å². The van der Waals surface area contributed by atoms with E-state index in [0.29, 0.717) is 6.61 Å². The Morgan fingerprint density at radius 3 is 2.44 bits per heavy atom. The van der Waals surface area contributed by atoms with Crippen LogP contribution in [0.2, 0.25) is 0 Å². The topological polar surface area (TPSA) is 50.4 Å². The number of nitrogens with one attached hydrogen (secondary N) is 2. The van der Waals surface area contributed by atoms with Gasteiger partial charge in [0.05, 0.1) is 11.7 Å². The van der Waals surface area contributed by atoms with Gasteiger partial charge in [-0.3, -0.25) is 0 Å². The predicted octanol–water partition coefficient (Wildman–Crippen LogP) is 3.83. The summed E-state index contributed by atoms with van der Waals surface area (Å²) in [7, 11) is 0. The van der Waals surface area contributed by atoms with Gasteiger partial charge in [0.2, 0.25) is 0 Å². The zero-order valence-corrected chi connectivity index (χ0v) is 14.3. The quantitative estimate of drug-likeness (QED) is 0.771. The largest absolute Gasteiger partial charge is 0.413 e. The third-order valence-electron chi connectivity index (χ3n) is 6.21. The van der Waals surface area contributed by atoms with Crippen LogP contribution in [0.1, 0.15) is 37.3 Å². The highest BCUT2D eigenvalue weighted by molar-refractivity contribution is 5.75. The smallest absolute Gasteiger partial charge is 0.377 e. The number of amides is 2. The van der Waals surface area contributed by atoms with Crippen molar-refractivity contribution in [2.24, 2.45) is 11.3 Å². The lowest BCUT2D eigenvalue weighted by Crippen LogP contribution is -2.72. The second-order valence-corrected chi connectivity index (χ2v) is 7.54. The van der Waals surface area contributed by atoms with Gasteiger partial charge in [0, 0.05) is 24.0 Å². The van der Waals surface area contributed by atoms with Crippen molar-refractivity contribution in [2.45, 2.75) is 50.0 Å². The maximum Gasteiger partial charge on any atom is 0.413 e. The monoisotopic (exact) mass is 390 g/mol. The van der Waals surface area contributed by atoms with Crippen molar-refractivity contribution >= 4 is 6.03 Å². The summed E-state index contributed by atoms with van der Waals surface area (Å²) < 4.78 is 73.6. The van der Waals surface area contributed by atoms with Crippen LogP contribution in [0.5, 0.6) is 0 Å². The van der Waals surface area contributed by atoms with Gasteiger partial charge < -0.3 is 15.4 Å². The molecule has 27 heavy (non-hydrogen) atoms. The number of carbonyl (C=O) groups is 1. The summed E-state index contributed by atoms with van der Waals surface area (Å²) >= 11 is 0. The van der Waals surface area contributed by atoms with Gasteiger partial charge in [-0.15, -0.1) is 0 Å². The van der Waals surface area contributed by atoms with Gasteiger partial charge in [-0.05, 0) is 31.4 Å². The third kappa shape index (κ3) is 2.86. The highest BCUT2D eigenvalue weighted by atomic mass is 19.4. The molecular weight excluding hydrogens is 371 g/mol. The van der Waals surface area contributed by atoms with Crippen LogP contribution in [0.15, 0.2) is 18.2 Å². The van der Waals surface area contributed by atoms with E-state index < -0.39 is 35.4 Å². The molecule has 9 heteroatoms. The Hall–Kier alpha value is -1.90. The maximum atomic E-state index is 13.9. The van der Waals surface area contributed by atoms with Crippen LogP contribution in [0, 0.1) is 23.0 Å². The van der Waals surface area contributed by atoms with Crippen molar-refractivity contribution in [2.75, 3.05) is 6.61 Å². The van der Waals surface area contributed by atoms with Crippen molar-refractivity contribution in [1.82, 2.24) is 10.6 Å². The summed E-state index contributed by atoms with van der Waals surface area (Å²) in [5, 5.41) is 4.34.